The quantitative estimate of drug-likeness (QED) is 0.861. The number of phenols is 1. The Kier molecular flexibility index (Phi) is 3.35. The second-order valence-corrected chi connectivity index (χ2v) is 5.72. The van der Waals surface area contributed by atoms with Crippen LogP contribution in [0.2, 0.25) is 0 Å². The SMILES string of the molecule is CC1CCN(C(=O)c2ccc3cc(O)ccc3c2)CC1. The molecule has 0 aromatic heterocycles. The molecule has 1 amide bonds. The monoisotopic (exact) mass is 269 g/mol. The maximum absolute atomic E-state index is 12.5. The van der Waals surface area contributed by atoms with Gasteiger partial charge >= 0.3 is 0 Å². The number of hydrogen-bond acceptors (Lipinski definition) is 2. The number of phenolic OH excluding ortho intramolecular Hbond substituents is 1. The van der Waals surface area contributed by atoms with E-state index in [4.69, 9.17) is 0 Å². The molecule has 2 aromatic rings. The Balaban J connectivity index is 1.86. The first-order valence-corrected chi connectivity index (χ1v) is 7.15. The van der Waals surface area contributed by atoms with Crippen molar-refractivity contribution in [3.05, 3.63) is 42.0 Å². The summed E-state index contributed by atoms with van der Waals surface area (Å²) in [7, 11) is 0. The fourth-order valence-corrected chi connectivity index (χ4v) is 2.76. The number of aromatic hydroxyl groups is 1. The Bertz CT molecular complexity index is 642. The summed E-state index contributed by atoms with van der Waals surface area (Å²) in [5.41, 5.74) is 0.734. The molecular weight excluding hydrogens is 250 g/mol. The molecule has 0 spiro atoms. The van der Waals surface area contributed by atoms with E-state index in [2.05, 4.69) is 6.92 Å². The van der Waals surface area contributed by atoms with Crippen molar-refractivity contribution in [1.82, 2.24) is 4.90 Å². The second-order valence-electron chi connectivity index (χ2n) is 5.72. The fourth-order valence-electron chi connectivity index (χ4n) is 2.76. The molecule has 1 fully saturated rings. The van der Waals surface area contributed by atoms with Crippen molar-refractivity contribution in [2.45, 2.75) is 19.8 Å². The molecule has 20 heavy (non-hydrogen) atoms. The van der Waals surface area contributed by atoms with Gasteiger partial charge in [-0.2, -0.15) is 0 Å². The number of fused-ring (bicyclic) bond motifs is 1. The minimum absolute atomic E-state index is 0.117. The number of nitrogens with zero attached hydrogens (tertiary/aromatic N) is 1. The van der Waals surface area contributed by atoms with Gasteiger partial charge in [0.1, 0.15) is 5.75 Å². The smallest absolute Gasteiger partial charge is 0.253 e. The molecule has 1 heterocycles. The molecule has 104 valence electrons. The molecule has 1 aliphatic heterocycles. The number of carbonyl (C=O) groups excluding carboxylic acids is 1. The lowest BCUT2D eigenvalue weighted by Gasteiger charge is -2.30. The van der Waals surface area contributed by atoms with Crippen LogP contribution in [0.4, 0.5) is 0 Å². The lowest BCUT2D eigenvalue weighted by atomic mass is 9.98. The molecule has 0 bridgehead atoms. The van der Waals surface area contributed by atoms with E-state index in [1.807, 2.05) is 29.2 Å². The van der Waals surface area contributed by atoms with Crippen LogP contribution in [0.15, 0.2) is 36.4 Å². The zero-order chi connectivity index (χ0) is 14.1. The predicted octanol–water partition coefficient (Wildman–Crippen LogP) is 3.42. The molecule has 0 radical (unpaired) electrons. The number of benzene rings is 2. The molecule has 1 saturated heterocycles. The van der Waals surface area contributed by atoms with E-state index in [-0.39, 0.29) is 11.7 Å². The largest absolute Gasteiger partial charge is 0.508 e. The molecular formula is C17H19NO2. The lowest BCUT2D eigenvalue weighted by molar-refractivity contribution is 0.0697. The van der Waals surface area contributed by atoms with Gasteiger partial charge in [-0.15, -0.1) is 0 Å². The van der Waals surface area contributed by atoms with Crippen LogP contribution in [0.5, 0.6) is 5.75 Å². The van der Waals surface area contributed by atoms with Crippen molar-refractivity contribution in [1.29, 1.82) is 0 Å². The van der Waals surface area contributed by atoms with Crippen LogP contribution in [0, 0.1) is 5.92 Å². The average molecular weight is 269 g/mol. The molecule has 0 saturated carbocycles. The molecule has 1 N–H and O–H groups in total. The van der Waals surface area contributed by atoms with E-state index < -0.39 is 0 Å². The minimum atomic E-state index is 0.117. The van der Waals surface area contributed by atoms with Crippen molar-refractivity contribution < 1.29 is 9.90 Å². The third-order valence-corrected chi connectivity index (χ3v) is 4.14. The molecule has 0 atom stereocenters. The Morgan fingerprint density at radius 1 is 1.10 bits per heavy atom. The van der Waals surface area contributed by atoms with E-state index in [1.54, 1.807) is 12.1 Å². The van der Waals surface area contributed by atoms with Crippen LogP contribution in [-0.2, 0) is 0 Å². The number of likely N-dealkylation sites (tertiary alicyclic amines) is 1. The van der Waals surface area contributed by atoms with Crippen molar-refractivity contribution in [3.8, 4) is 5.75 Å². The maximum Gasteiger partial charge on any atom is 0.253 e. The van der Waals surface area contributed by atoms with Crippen LogP contribution in [0.3, 0.4) is 0 Å². The topological polar surface area (TPSA) is 40.5 Å². The van der Waals surface area contributed by atoms with Gasteiger partial charge in [0.05, 0.1) is 0 Å². The van der Waals surface area contributed by atoms with Crippen LogP contribution >= 0.6 is 0 Å². The first kappa shape index (κ1) is 13.0. The van der Waals surface area contributed by atoms with E-state index in [0.29, 0.717) is 0 Å². The number of carbonyl (C=O) groups is 1. The number of rotatable bonds is 1. The van der Waals surface area contributed by atoms with Crippen LogP contribution in [0.25, 0.3) is 10.8 Å². The first-order valence-electron chi connectivity index (χ1n) is 7.15. The Morgan fingerprint density at radius 2 is 1.75 bits per heavy atom. The molecule has 3 heteroatoms. The summed E-state index contributed by atoms with van der Waals surface area (Å²) < 4.78 is 0. The van der Waals surface area contributed by atoms with Gasteiger partial charge in [0.15, 0.2) is 0 Å². The third kappa shape index (κ3) is 2.48. The highest BCUT2D eigenvalue weighted by Crippen LogP contribution is 2.23. The zero-order valence-corrected chi connectivity index (χ0v) is 11.7. The molecule has 0 aliphatic carbocycles. The van der Waals surface area contributed by atoms with Gasteiger partial charge in [-0.05, 0) is 53.8 Å². The van der Waals surface area contributed by atoms with E-state index in [0.717, 1.165) is 48.2 Å². The molecule has 2 aromatic carbocycles. The second kappa shape index (κ2) is 5.16. The summed E-state index contributed by atoms with van der Waals surface area (Å²) in [5, 5.41) is 11.4. The predicted molar refractivity (Wildman–Crippen MR) is 79.9 cm³/mol. The van der Waals surface area contributed by atoms with Crippen molar-refractivity contribution in [2.24, 2.45) is 5.92 Å². The zero-order valence-electron chi connectivity index (χ0n) is 11.7. The van der Waals surface area contributed by atoms with Gasteiger partial charge < -0.3 is 10.0 Å². The molecule has 0 unspecified atom stereocenters. The van der Waals surface area contributed by atoms with E-state index >= 15 is 0 Å². The summed E-state index contributed by atoms with van der Waals surface area (Å²) in [6, 6.07) is 10.9. The first-order chi connectivity index (χ1) is 9.63. The summed E-state index contributed by atoms with van der Waals surface area (Å²) in [4.78, 5) is 14.4. The van der Waals surface area contributed by atoms with Gasteiger partial charge in [-0.3, -0.25) is 4.79 Å². The summed E-state index contributed by atoms with van der Waals surface area (Å²) >= 11 is 0. The lowest BCUT2D eigenvalue weighted by Crippen LogP contribution is -2.37. The molecule has 3 rings (SSSR count). The molecule has 3 nitrogen and oxygen atoms in total. The summed E-state index contributed by atoms with van der Waals surface area (Å²) in [5.74, 6) is 1.09. The van der Waals surface area contributed by atoms with Crippen LogP contribution in [-0.4, -0.2) is 29.0 Å². The van der Waals surface area contributed by atoms with Gasteiger partial charge in [0, 0.05) is 18.7 Å². The number of piperidine rings is 1. The highest BCUT2D eigenvalue weighted by Gasteiger charge is 2.21. The Labute approximate surface area is 118 Å². The third-order valence-electron chi connectivity index (χ3n) is 4.14. The standard InChI is InChI=1S/C17H19NO2/c1-12-6-8-18(9-7-12)17(20)15-3-2-14-11-16(19)5-4-13(14)10-15/h2-5,10-12,19H,6-9H2,1H3. The van der Waals surface area contributed by atoms with Crippen molar-refractivity contribution in [3.63, 3.8) is 0 Å². The van der Waals surface area contributed by atoms with Gasteiger partial charge in [-0.1, -0.05) is 19.1 Å². The highest BCUT2D eigenvalue weighted by atomic mass is 16.3. The molecule has 1 aliphatic rings. The van der Waals surface area contributed by atoms with E-state index in [1.165, 1.54) is 0 Å². The van der Waals surface area contributed by atoms with Crippen molar-refractivity contribution in [2.75, 3.05) is 13.1 Å². The average Bonchev–Trinajstić information content (AvgIpc) is 2.47. The highest BCUT2D eigenvalue weighted by molar-refractivity contribution is 5.98. The van der Waals surface area contributed by atoms with Crippen LogP contribution < -0.4 is 0 Å². The fraction of sp³-hybridized carbons (Fsp3) is 0.353. The minimum Gasteiger partial charge on any atom is -0.508 e. The van der Waals surface area contributed by atoms with Gasteiger partial charge in [0.25, 0.3) is 5.91 Å². The Morgan fingerprint density at radius 3 is 2.50 bits per heavy atom. The van der Waals surface area contributed by atoms with Crippen molar-refractivity contribution >= 4 is 16.7 Å². The number of hydrogen-bond donors (Lipinski definition) is 1. The summed E-state index contributed by atoms with van der Waals surface area (Å²) in [6.07, 6.45) is 2.18. The van der Waals surface area contributed by atoms with Crippen LogP contribution in [0.1, 0.15) is 30.1 Å². The van der Waals surface area contributed by atoms with E-state index in [9.17, 15) is 9.90 Å². The summed E-state index contributed by atoms with van der Waals surface area (Å²) in [6.45, 7) is 3.95. The normalized spacial score (nSPS) is 16.6. The van der Waals surface area contributed by atoms with Gasteiger partial charge in [-0.25, -0.2) is 0 Å². The maximum atomic E-state index is 12.5. The van der Waals surface area contributed by atoms with Gasteiger partial charge in [0.2, 0.25) is 0 Å². The Hall–Kier alpha value is -2.03. The number of amides is 1.